The summed E-state index contributed by atoms with van der Waals surface area (Å²) in [4.78, 5) is 33.7. The van der Waals surface area contributed by atoms with Crippen molar-refractivity contribution >= 4 is 28.6 Å². The first-order chi connectivity index (χ1) is 15.5. The van der Waals surface area contributed by atoms with Crippen molar-refractivity contribution in [2.45, 2.75) is 26.2 Å². The van der Waals surface area contributed by atoms with Crippen LogP contribution in [0.15, 0.2) is 18.2 Å². The van der Waals surface area contributed by atoms with Gasteiger partial charge >= 0.3 is 0 Å². The van der Waals surface area contributed by atoms with Gasteiger partial charge in [-0.3, -0.25) is 14.5 Å². The molecule has 7 nitrogen and oxygen atoms in total. The molecule has 2 aliphatic heterocycles. The number of hydrogen-bond acceptors (Lipinski definition) is 4. The van der Waals surface area contributed by atoms with Crippen molar-refractivity contribution in [2.75, 3.05) is 44.6 Å². The molecule has 0 bridgehead atoms. The summed E-state index contributed by atoms with van der Waals surface area (Å²) in [6, 6.07) is 4.33. The molecule has 1 saturated heterocycles. The Morgan fingerprint density at radius 1 is 1.19 bits per heavy atom. The number of fused-ring (bicyclic) bond motifs is 2. The Bertz CT molecular complexity index is 1130. The lowest BCUT2D eigenvalue weighted by molar-refractivity contribution is -0.110. The molecule has 168 valence electrons. The Balaban J connectivity index is 1.51. The lowest BCUT2D eigenvalue weighted by Crippen LogP contribution is -2.49. The summed E-state index contributed by atoms with van der Waals surface area (Å²) < 4.78 is 13.9. The Kier molecular flexibility index (Phi) is 5.35. The standard InChI is InChI=1S/C24H27FN4O3/c1-14-20(24(32)29-9-7-28(8-10-29)11-12-30)16-3-2-4-17(22(16)26-14)21-18-13-15(25)5-6-19(18)27-23(21)31/h5-6,13,26,30H,2-4,7-12H2,1H3,(H,27,31). The molecule has 0 atom stereocenters. The highest BCUT2D eigenvalue weighted by molar-refractivity contribution is 6.36. The number of H-pyrrole nitrogens is 1. The molecule has 1 fully saturated rings. The number of carbonyl (C=O) groups is 2. The molecule has 1 aromatic heterocycles. The Morgan fingerprint density at radius 3 is 2.72 bits per heavy atom. The molecule has 3 N–H and O–H groups in total. The number of rotatable bonds is 3. The number of hydrogen-bond donors (Lipinski definition) is 3. The van der Waals surface area contributed by atoms with Gasteiger partial charge in [0.1, 0.15) is 5.82 Å². The van der Waals surface area contributed by atoms with E-state index in [1.54, 1.807) is 6.07 Å². The molecule has 8 heteroatoms. The predicted molar refractivity (Wildman–Crippen MR) is 120 cm³/mol. The number of benzene rings is 1. The van der Waals surface area contributed by atoms with Crippen molar-refractivity contribution in [1.29, 1.82) is 0 Å². The molecule has 0 radical (unpaired) electrons. The molecule has 3 heterocycles. The Morgan fingerprint density at radius 2 is 1.97 bits per heavy atom. The number of aliphatic hydroxyl groups excluding tert-OH is 1. The number of nitrogens with one attached hydrogen (secondary N) is 2. The first-order valence-electron chi connectivity index (χ1n) is 11.2. The van der Waals surface area contributed by atoms with Crippen LogP contribution in [-0.4, -0.2) is 71.0 Å². The van der Waals surface area contributed by atoms with Crippen LogP contribution in [0.1, 0.15) is 45.7 Å². The number of aryl methyl sites for hydroxylation is 1. The van der Waals surface area contributed by atoms with Crippen LogP contribution in [0.2, 0.25) is 0 Å². The summed E-state index contributed by atoms with van der Waals surface area (Å²) in [5.74, 6) is -0.598. The van der Waals surface area contributed by atoms with E-state index in [1.807, 2.05) is 11.8 Å². The summed E-state index contributed by atoms with van der Waals surface area (Å²) in [5, 5.41) is 12.0. The molecule has 0 spiro atoms. The largest absolute Gasteiger partial charge is 0.395 e. The van der Waals surface area contributed by atoms with E-state index in [0.29, 0.717) is 48.4 Å². The maximum Gasteiger partial charge on any atom is 0.256 e. The molecule has 3 aliphatic rings. The van der Waals surface area contributed by atoms with Gasteiger partial charge in [0.2, 0.25) is 0 Å². The van der Waals surface area contributed by atoms with Gasteiger partial charge in [-0.15, -0.1) is 0 Å². The predicted octanol–water partition coefficient (Wildman–Crippen LogP) is 2.41. The normalized spacial score (nSPS) is 20.8. The van der Waals surface area contributed by atoms with Gasteiger partial charge in [-0.2, -0.15) is 0 Å². The van der Waals surface area contributed by atoms with Gasteiger partial charge in [0, 0.05) is 55.4 Å². The summed E-state index contributed by atoms with van der Waals surface area (Å²) in [5.41, 5.74) is 5.84. The zero-order chi connectivity index (χ0) is 22.4. The minimum Gasteiger partial charge on any atom is -0.395 e. The maximum absolute atomic E-state index is 13.9. The zero-order valence-corrected chi connectivity index (χ0v) is 18.1. The van der Waals surface area contributed by atoms with Gasteiger partial charge in [-0.1, -0.05) is 0 Å². The fraction of sp³-hybridized carbons (Fsp3) is 0.417. The average molecular weight is 439 g/mol. The molecular weight excluding hydrogens is 411 g/mol. The highest BCUT2D eigenvalue weighted by atomic mass is 19.1. The number of aliphatic hydroxyl groups is 1. The second-order valence-corrected chi connectivity index (χ2v) is 8.69. The SMILES string of the molecule is Cc1[nH]c2c(c1C(=O)N1CCN(CCO)CC1)CCCC2=C1C(=O)Nc2ccc(F)cc21. The van der Waals surface area contributed by atoms with Crippen molar-refractivity contribution in [3.63, 3.8) is 0 Å². The van der Waals surface area contributed by atoms with Crippen LogP contribution >= 0.6 is 0 Å². The molecule has 0 saturated carbocycles. The third-order valence-electron chi connectivity index (χ3n) is 6.76. The summed E-state index contributed by atoms with van der Waals surface area (Å²) >= 11 is 0. The number of amides is 2. The summed E-state index contributed by atoms with van der Waals surface area (Å²) in [6.45, 7) is 5.39. The average Bonchev–Trinajstić information content (AvgIpc) is 3.29. The van der Waals surface area contributed by atoms with Gasteiger partial charge < -0.3 is 20.3 Å². The van der Waals surface area contributed by atoms with Gasteiger partial charge in [0.25, 0.3) is 11.8 Å². The van der Waals surface area contributed by atoms with Gasteiger partial charge in [0.05, 0.1) is 17.7 Å². The first kappa shape index (κ1) is 20.9. The number of allylic oxidation sites excluding steroid dienone is 1. The van der Waals surface area contributed by atoms with Crippen molar-refractivity contribution in [3.05, 3.63) is 52.1 Å². The van der Waals surface area contributed by atoms with E-state index in [4.69, 9.17) is 5.11 Å². The number of anilines is 1. The Labute approximate surface area is 185 Å². The van der Waals surface area contributed by atoms with E-state index in [0.717, 1.165) is 48.5 Å². The zero-order valence-electron chi connectivity index (χ0n) is 18.1. The third kappa shape index (κ3) is 3.43. The monoisotopic (exact) mass is 438 g/mol. The van der Waals surface area contributed by atoms with Crippen LogP contribution in [-0.2, 0) is 11.2 Å². The maximum atomic E-state index is 13.9. The van der Waals surface area contributed by atoms with Crippen LogP contribution in [0, 0.1) is 12.7 Å². The first-order valence-corrected chi connectivity index (χ1v) is 11.2. The molecule has 2 amide bonds. The molecule has 5 rings (SSSR count). The molecule has 1 aromatic carbocycles. The number of piperazine rings is 1. The van der Waals surface area contributed by atoms with Gasteiger partial charge in [-0.25, -0.2) is 4.39 Å². The lowest BCUT2D eigenvalue weighted by atomic mass is 9.86. The Hall–Kier alpha value is -2.97. The van der Waals surface area contributed by atoms with E-state index >= 15 is 0 Å². The van der Waals surface area contributed by atoms with E-state index in [2.05, 4.69) is 15.2 Å². The fourth-order valence-electron chi connectivity index (χ4n) is 5.20. The number of halogens is 1. The highest BCUT2D eigenvalue weighted by Gasteiger charge is 2.34. The van der Waals surface area contributed by atoms with Gasteiger partial charge in [-0.05, 0) is 55.5 Å². The molecule has 0 unspecified atom stereocenters. The quantitative estimate of drug-likeness (QED) is 0.643. The smallest absolute Gasteiger partial charge is 0.256 e. The lowest BCUT2D eigenvalue weighted by Gasteiger charge is -2.34. The van der Waals surface area contributed by atoms with Crippen molar-refractivity contribution in [1.82, 2.24) is 14.8 Å². The van der Waals surface area contributed by atoms with Crippen molar-refractivity contribution < 1.29 is 19.1 Å². The second-order valence-electron chi connectivity index (χ2n) is 8.69. The third-order valence-corrected chi connectivity index (χ3v) is 6.76. The van der Waals surface area contributed by atoms with Gasteiger partial charge in [0.15, 0.2) is 0 Å². The summed E-state index contributed by atoms with van der Waals surface area (Å²) in [7, 11) is 0. The molecule has 2 aromatic rings. The minimum atomic E-state index is -0.381. The number of carbonyl (C=O) groups excluding carboxylic acids is 2. The van der Waals surface area contributed by atoms with Crippen LogP contribution in [0.3, 0.4) is 0 Å². The van der Waals surface area contributed by atoms with Crippen LogP contribution in [0.4, 0.5) is 10.1 Å². The number of aromatic nitrogens is 1. The van der Waals surface area contributed by atoms with E-state index in [-0.39, 0.29) is 24.2 Å². The van der Waals surface area contributed by atoms with Crippen LogP contribution in [0.5, 0.6) is 0 Å². The number of aromatic amines is 1. The number of β-amino-alcohol motifs (C(OH)–C–C–N with tert-alkyl or cyclic N) is 1. The molecule has 32 heavy (non-hydrogen) atoms. The van der Waals surface area contributed by atoms with Crippen LogP contribution in [0.25, 0.3) is 11.1 Å². The minimum absolute atomic E-state index is 0.0113. The summed E-state index contributed by atoms with van der Waals surface area (Å²) in [6.07, 6.45) is 2.28. The highest BCUT2D eigenvalue weighted by Crippen LogP contribution is 2.43. The van der Waals surface area contributed by atoms with E-state index in [1.165, 1.54) is 12.1 Å². The second kappa shape index (κ2) is 8.18. The fourth-order valence-corrected chi connectivity index (χ4v) is 5.20. The molecule has 1 aliphatic carbocycles. The topological polar surface area (TPSA) is 88.7 Å². The van der Waals surface area contributed by atoms with E-state index in [9.17, 15) is 14.0 Å². The number of nitrogens with zero attached hydrogens (tertiary/aromatic N) is 2. The molecular formula is C24H27FN4O3. The van der Waals surface area contributed by atoms with Crippen molar-refractivity contribution in [3.8, 4) is 0 Å². The van der Waals surface area contributed by atoms with Crippen molar-refractivity contribution in [2.24, 2.45) is 0 Å². The van der Waals surface area contributed by atoms with E-state index < -0.39 is 0 Å². The van der Waals surface area contributed by atoms with Crippen LogP contribution < -0.4 is 5.32 Å².